The van der Waals surface area contributed by atoms with E-state index < -0.39 is 0 Å². The molecule has 0 spiro atoms. The molecule has 2 aromatic rings. The van der Waals surface area contributed by atoms with Crippen molar-refractivity contribution in [2.24, 2.45) is 0 Å². The standard InChI is InChI=1S/C21H22ClN3O2/c22-16-8-2-1-7-15(16)18-11-5-14-25(18)21(27)23-17-9-3-4-10-19(17)24-13-6-12-20(24)26/h1-4,7-10,18H,5-6,11-14H2,(H,23,27)/t18-/m1/s1. The Morgan fingerprint density at radius 1 is 1.04 bits per heavy atom. The Balaban J connectivity index is 1.56. The van der Waals surface area contributed by atoms with Crippen LogP contribution in [-0.2, 0) is 4.79 Å². The van der Waals surface area contributed by atoms with Gasteiger partial charge in [0.15, 0.2) is 0 Å². The summed E-state index contributed by atoms with van der Waals surface area (Å²) in [6, 6.07) is 15.0. The lowest BCUT2D eigenvalue weighted by Crippen LogP contribution is -2.35. The van der Waals surface area contributed by atoms with Gasteiger partial charge >= 0.3 is 6.03 Å². The molecule has 2 fully saturated rings. The summed E-state index contributed by atoms with van der Waals surface area (Å²) in [5.41, 5.74) is 2.42. The van der Waals surface area contributed by atoms with Gasteiger partial charge in [0, 0.05) is 24.5 Å². The molecule has 2 saturated heterocycles. The molecule has 2 aliphatic rings. The van der Waals surface area contributed by atoms with Crippen molar-refractivity contribution in [3.8, 4) is 0 Å². The van der Waals surface area contributed by atoms with Crippen LogP contribution >= 0.6 is 11.6 Å². The van der Waals surface area contributed by atoms with Crippen molar-refractivity contribution in [1.29, 1.82) is 0 Å². The average Bonchev–Trinajstić information content (AvgIpc) is 3.32. The molecule has 27 heavy (non-hydrogen) atoms. The van der Waals surface area contributed by atoms with Gasteiger partial charge in [0.1, 0.15) is 0 Å². The Hall–Kier alpha value is -2.53. The number of urea groups is 1. The highest BCUT2D eigenvalue weighted by atomic mass is 35.5. The van der Waals surface area contributed by atoms with Gasteiger partial charge in [-0.05, 0) is 43.0 Å². The van der Waals surface area contributed by atoms with Crippen LogP contribution in [0.25, 0.3) is 0 Å². The van der Waals surface area contributed by atoms with Gasteiger partial charge in [-0.3, -0.25) is 4.79 Å². The van der Waals surface area contributed by atoms with Gasteiger partial charge < -0.3 is 15.1 Å². The molecule has 6 heteroatoms. The average molecular weight is 384 g/mol. The molecule has 0 aromatic heterocycles. The Morgan fingerprint density at radius 3 is 2.59 bits per heavy atom. The predicted octanol–water partition coefficient (Wildman–Crippen LogP) is 4.84. The first kappa shape index (κ1) is 17.9. The number of nitrogens with one attached hydrogen (secondary N) is 1. The summed E-state index contributed by atoms with van der Waals surface area (Å²) >= 11 is 6.36. The quantitative estimate of drug-likeness (QED) is 0.824. The molecular weight excluding hydrogens is 362 g/mol. The van der Waals surface area contributed by atoms with Gasteiger partial charge in [-0.1, -0.05) is 41.9 Å². The third-order valence-corrected chi connectivity index (χ3v) is 5.63. The second-order valence-corrected chi connectivity index (χ2v) is 7.38. The van der Waals surface area contributed by atoms with E-state index in [2.05, 4.69) is 5.32 Å². The van der Waals surface area contributed by atoms with Crippen LogP contribution in [-0.4, -0.2) is 29.9 Å². The van der Waals surface area contributed by atoms with E-state index >= 15 is 0 Å². The van der Waals surface area contributed by atoms with Gasteiger partial charge in [0.2, 0.25) is 5.91 Å². The number of hydrogen-bond acceptors (Lipinski definition) is 2. The maximum Gasteiger partial charge on any atom is 0.322 e. The normalized spacial score (nSPS) is 19.6. The highest BCUT2D eigenvalue weighted by molar-refractivity contribution is 6.31. The molecular formula is C21H22ClN3O2. The second kappa shape index (κ2) is 7.61. The number of benzene rings is 2. The smallest absolute Gasteiger partial charge is 0.317 e. The number of hydrogen-bond donors (Lipinski definition) is 1. The van der Waals surface area contributed by atoms with Crippen LogP contribution in [0.3, 0.4) is 0 Å². The van der Waals surface area contributed by atoms with E-state index in [9.17, 15) is 9.59 Å². The lowest BCUT2D eigenvalue weighted by atomic mass is 10.0. The molecule has 140 valence electrons. The van der Waals surface area contributed by atoms with Crippen LogP contribution < -0.4 is 10.2 Å². The lowest BCUT2D eigenvalue weighted by molar-refractivity contribution is -0.117. The van der Waals surface area contributed by atoms with Crippen LogP contribution in [0.2, 0.25) is 5.02 Å². The second-order valence-electron chi connectivity index (χ2n) is 6.97. The zero-order valence-electron chi connectivity index (χ0n) is 15.0. The van der Waals surface area contributed by atoms with Crippen molar-refractivity contribution in [2.75, 3.05) is 23.3 Å². The molecule has 2 aromatic carbocycles. The van der Waals surface area contributed by atoms with Crippen LogP contribution in [0.15, 0.2) is 48.5 Å². The van der Waals surface area contributed by atoms with E-state index in [1.54, 1.807) is 4.90 Å². The zero-order valence-corrected chi connectivity index (χ0v) is 15.8. The first-order valence-electron chi connectivity index (χ1n) is 9.36. The first-order valence-corrected chi connectivity index (χ1v) is 9.74. The number of halogens is 1. The summed E-state index contributed by atoms with van der Waals surface area (Å²) in [5.74, 6) is 0.104. The largest absolute Gasteiger partial charge is 0.322 e. The maximum absolute atomic E-state index is 13.0. The minimum Gasteiger partial charge on any atom is -0.317 e. The van der Waals surface area contributed by atoms with Crippen molar-refractivity contribution < 1.29 is 9.59 Å². The SMILES string of the molecule is O=C1CCCN1c1ccccc1NC(=O)N1CCC[C@@H]1c1ccccc1Cl. The van der Waals surface area contributed by atoms with Crippen LogP contribution in [0.4, 0.5) is 16.2 Å². The summed E-state index contributed by atoms with van der Waals surface area (Å²) in [4.78, 5) is 28.8. The summed E-state index contributed by atoms with van der Waals surface area (Å²) in [6.07, 6.45) is 3.24. The van der Waals surface area contributed by atoms with Crippen molar-refractivity contribution in [2.45, 2.75) is 31.7 Å². The predicted molar refractivity (Wildman–Crippen MR) is 107 cm³/mol. The Kier molecular flexibility index (Phi) is 5.03. The van der Waals surface area contributed by atoms with E-state index in [0.29, 0.717) is 30.2 Å². The Labute approximate surface area is 163 Å². The van der Waals surface area contributed by atoms with Crippen molar-refractivity contribution in [1.82, 2.24) is 4.90 Å². The number of amides is 3. The fraction of sp³-hybridized carbons (Fsp3) is 0.333. The molecule has 0 radical (unpaired) electrons. The van der Waals surface area contributed by atoms with Crippen LogP contribution in [0.1, 0.15) is 37.3 Å². The van der Waals surface area contributed by atoms with Gasteiger partial charge in [0.05, 0.1) is 17.4 Å². The van der Waals surface area contributed by atoms with Crippen LogP contribution in [0.5, 0.6) is 0 Å². The fourth-order valence-corrected chi connectivity index (χ4v) is 4.24. The van der Waals surface area contributed by atoms with E-state index in [4.69, 9.17) is 11.6 Å². The summed E-state index contributed by atoms with van der Waals surface area (Å²) in [5, 5.41) is 3.70. The molecule has 2 heterocycles. The molecule has 1 N–H and O–H groups in total. The van der Waals surface area contributed by atoms with Crippen molar-refractivity contribution in [3.63, 3.8) is 0 Å². The monoisotopic (exact) mass is 383 g/mol. The van der Waals surface area contributed by atoms with Crippen molar-refractivity contribution in [3.05, 3.63) is 59.1 Å². The molecule has 0 saturated carbocycles. The molecule has 0 unspecified atom stereocenters. The molecule has 0 bridgehead atoms. The molecule has 4 rings (SSSR count). The van der Waals surface area contributed by atoms with Crippen LogP contribution in [0, 0.1) is 0 Å². The Morgan fingerprint density at radius 2 is 1.81 bits per heavy atom. The molecule has 3 amide bonds. The molecule has 2 aliphatic heterocycles. The maximum atomic E-state index is 13.0. The number of carbonyl (C=O) groups is 2. The zero-order chi connectivity index (χ0) is 18.8. The van der Waals surface area contributed by atoms with Gasteiger partial charge in [0.25, 0.3) is 0 Å². The van der Waals surface area contributed by atoms with E-state index in [0.717, 1.165) is 30.5 Å². The lowest BCUT2D eigenvalue weighted by Gasteiger charge is -2.27. The number of carbonyl (C=O) groups excluding carboxylic acids is 2. The summed E-state index contributed by atoms with van der Waals surface area (Å²) in [7, 11) is 0. The summed E-state index contributed by atoms with van der Waals surface area (Å²) < 4.78 is 0. The third kappa shape index (κ3) is 3.52. The van der Waals surface area contributed by atoms with Crippen molar-refractivity contribution >= 4 is 34.9 Å². The molecule has 5 nitrogen and oxygen atoms in total. The Bertz CT molecular complexity index is 870. The first-order chi connectivity index (χ1) is 13.1. The van der Waals surface area contributed by atoms with E-state index in [1.807, 2.05) is 53.4 Å². The topological polar surface area (TPSA) is 52.7 Å². The number of nitrogens with zero attached hydrogens (tertiary/aromatic N) is 2. The minimum absolute atomic E-state index is 0.0284. The van der Waals surface area contributed by atoms with Gasteiger partial charge in [-0.25, -0.2) is 4.79 Å². The minimum atomic E-state index is -0.156. The fourth-order valence-electron chi connectivity index (χ4n) is 3.98. The molecule has 0 aliphatic carbocycles. The third-order valence-electron chi connectivity index (χ3n) is 5.29. The van der Waals surface area contributed by atoms with E-state index in [1.165, 1.54) is 0 Å². The number of para-hydroxylation sites is 2. The van der Waals surface area contributed by atoms with Gasteiger partial charge in [-0.2, -0.15) is 0 Å². The van der Waals surface area contributed by atoms with E-state index in [-0.39, 0.29) is 18.0 Å². The number of likely N-dealkylation sites (tertiary alicyclic amines) is 1. The number of anilines is 2. The highest BCUT2D eigenvalue weighted by Crippen LogP contribution is 2.37. The highest BCUT2D eigenvalue weighted by Gasteiger charge is 2.32. The van der Waals surface area contributed by atoms with Gasteiger partial charge in [-0.15, -0.1) is 0 Å². The summed E-state index contributed by atoms with van der Waals surface area (Å²) in [6.45, 7) is 1.38. The molecule has 1 atom stereocenters. The number of rotatable bonds is 3.